The first kappa shape index (κ1) is 17.5. The van der Waals surface area contributed by atoms with Gasteiger partial charge in [0.05, 0.1) is 12.1 Å². The van der Waals surface area contributed by atoms with E-state index < -0.39 is 0 Å². The number of hydrogen-bond acceptors (Lipinski definition) is 6. The first-order chi connectivity index (χ1) is 13.8. The average molecular weight is 392 g/mol. The number of hydrogen-bond donors (Lipinski definition) is 0. The van der Waals surface area contributed by atoms with Crippen LogP contribution in [0.2, 0.25) is 0 Å². The molecule has 7 heteroatoms. The van der Waals surface area contributed by atoms with Crippen molar-refractivity contribution in [2.75, 3.05) is 19.7 Å². The van der Waals surface area contributed by atoms with Gasteiger partial charge in [0.1, 0.15) is 11.8 Å². The first-order valence-electron chi connectivity index (χ1n) is 9.41. The molecule has 5 heterocycles. The quantitative estimate of drug-likeness (QED) is 0.530. The minimum absolute atomic E-state index is 0.0587. The molecular weight excluding hydrogens is 370 g/mol. The number of fused-ring (bicyclic) bond motifs is 1. The summed E-state index contributed by atoms with van der Waals surface area (Å²) >= 11 is 1.86. The van der Waals surface area contributed by atoms with Crippen LogP contribution in [0.25, 0.3) is 16.6 Å². The van der Waals surface area contributed by atoms with Gasteiger partial charge >= 0.3 is 0 Å². The molecule has 1 fully saturated rings. The van der Waals surface area contributed by atoms with Crippen LogP contribution in [0, 0.1) is 6.92 Å². The fourth-order valence-corrected chi connectivity index (χ4v) is 4.58. The summed E-state index contributed by atoms with van der Waals surface area (Å²) < 4.78 is 7.89. The summed E-state index contributed by atoms with van der Waals surface area (Å²) in [6, 6.07) is 12.5. The first-order valence-corrected chi connectivity index (χ1v) is 10.2. The molecule has 1 aliphatic heterocycles. The Kier molecular flexibility index (Phi) is 4.64. The van der Waals surface area contributed by atoms with E-state index >= 15 is 0 Å². The number of ether oxygens (including phenoxy) is 1. The minimum Gasteiger partial charge on any atom is -0.369 e. The topological polar surface area (TPSA) is 55.5 Å². The molecule has 0 bridgehead atoms. The van der Waals surface area contributed by atoms with Crippen molar-refractivity contribution in [2.24, 2.45) is 0 Å². The van der Waals surface area contributed by atoms with Gasteiger partial charge in [0.25, 0.3) is 0 Å². The van der Waals surface area contributed by atoms with Crippen molar-refractivity contribution in [1.29, 1.82) is 0 Å². The highest BCUT2D eigenvalue weighted by Gasteiger charge is 2.26. The molecule has 6 nitrogen and oxygen atoms in total. The smallest absolute Gasteiger partial charge is 0.121 e. The normalized spacial score (nSPS) is 18.0. The Morgan fingerprint density at radius 3 is 2.96 bits per heavy atom. The van der Waals surface area contributed by atoms with Gasteiger partial charge in [-0.05, 0) is 31.2 Å². The molecule has 0 amide bonds. The van der Waals surface area contributed by atoms with Crippen LogP contribution >= 0.6 is 11.3 Å². The maximum atomic E-state index is 6.05. The van der Waals surface area contributed by atoms with Crippen molar-refractivity contribution in [1.82, 2.24) is 24.7 Å². The van der Waals surface area contributed by atoms with Gasteiger partial charge in [-0.1, -0.05) is 17.3 Å². The second-order valence-electron chi connectivity index (χ2n) is 7.07. The summed E-state index contributed by atoms with van der Waals surface area (Å²) in [5.41, 5.74) is 4.03. The third-order valence-corrected chi connectivity index (χ3v) is 6.05. The van der Waals surface area contributed by atoms with E-state index in [0.29, 0.717) is 6.61 Å². The number of aryl methyl sites for hydroxylation is 1. The zero-order valence-electron chi connectivity index (χ0n) is 15.7. The van der Waals surface area contributed by atoms with Gasteiger partial charge in [-0.2, -0.15) is 0 Å². The highest BCUT2D eigenvalue weighted by atomic mass is 32.1. The van der Waals surface area contributed by atoms with E-state index in [9.17, 15) is 0 Å². The van der Waals surface area contributed by atoms with E-state index in [1.165, 1.54) is 9.75 Å². The third-order valence-electron chi connectivity index (χ3n) is 5.07. The molecule has 5 rings (SSSR count). The predicted molar refractivity (Wildman–Crippen MR) is 109 cm³/mol. The molecule has 28 heavy (non-hydrogen) atoms. The van der Waals surface area contributed by atoms with Gasteiger partial charge in [-0.25, -0.2) is 4.52 Å². The van der Waals surface area contributed by atoms with Crippen molar-refractivity contribution < 1.29 is 4.74 Å². The number of nitrogens with zero attached hydrogens (tertiary/aromatic N) is 5. The van der Waals surface area contributed by atoms with Crippen LogP contribution in [-0.4, -0.2) is 44.4 Å². The Hall–Kier alpha value is -2.61. The third kappa shape index (κ3) is 3.44. The van der Waals surface area contributed by atoms with Crippen LogP contribution < -0.4 is 0 Å². The number of pyridine rings is 2. The molecule has 1 atom stereocenters. The standard InChI is InChI=1S/C21H21N5OS/c1-15-4-6-18(28-15)13-25-9-10-27-20(14-25)21-19-7-5-17(12-26(19)24-23-21)16-3-2-8-22-11-16/h2-8,11-12,20H,9-10,13-14H2,1H3. The van der Waals surface area contributed by atoms with E-state index in [-0.39, 0.29) is 6.10 Å². The van der Waals surface area contributed by atoms with Crippen molar-refractivity contribution in [3.63, 3.8) is 0 Å². The molecule has 1 unspecified atom stereocenters. The summed E-state index contributed by atoms with van der Waals surface area (Å²) in [4.78, 5) is 9.38. The molecule has 0 saturated carbocycles. The van der Waals surface area contributed by atoms with Crippen molar-refractivity contribution in [3.8, 4) is 11.1 Å². The lowest BCUT2D eigenvalue weighted by Gasteiger charge is -2.31. The molecule has 0 N–H and O–H groups in total. The van der Waals surface area contributed by atoms with Gasteiger partial charge in [0, 0.05) is 59.1 Å². The van der Waals surface area contributed by atoms with Crippen molar-refractivity contribution >= 4 is 16.9 Å². The summed E-state index contributed by atoms with van der Waals surface area (Å²) in [7, 11) is 0. The molecule has 0 spiro atoms. The zero-order valence-corrected chi connectivity index (χ0v) is 16.5. The molecule has 4 aromatic heterocycles. The Morgan fingerprint density at radius 2 is 2.14 bits per heavy atom. The molecule has 1 saturated heterocycles. The lowest BCUT2D eigenvalue weighted by atomic mass is 10.1. The highest BCUT2D eigenvalue weighted by Crippen LogP contribution is 2.27. The van der Waals surface area contributed by atoms with E-state index in [2.05, 4.69) is 51.4 Å². The molecule has 0 aromatic carbocycles. The highest BCUT2D eigenvalue weighted by molar-refractivity contribution is 7.11. The molecule has 1 aliphatic rings. The number of aromatic nitrogens is 4. The number of morpholine rings is 1. The molecule has 4 aromatic rings. The van der Waals surface area contributed by atoms with E-state index in [4.69, 9.17) is 4.74 Å². The molecule has 142 valence electrons. The predicted octanol–water partition coefficient (Wildman–Crippen LogP) is 3.73. The van der Waals surface area contributed by atoms with Gasteiger partial charge in [0.2, 0.25) is 0 Å². The van der Waals surface area contributed by atoms with E-state index in [1.807, 2.05) is 40.4 Å². The maximum absolute atomic E-state index is 6.05. The largest absolute Gasteiger partial charge is 0.369 e. The SMILES string of the molecule is Cc1ccc(CN2CCOC(c3nnn4cc(-c5cccnc5)ccc34)C2)s1. The van der Waals surface area contributed by atoms with Gasteiger partial charge in [0.15, 0.2) is 0 Å². The van der Waals surface area contributed by atoms with Gasteiger partial charge < -0.3 is 4.74 Å². The molecule has 0 aliphatic carbocycles. The molecular formula is C21H21N5OS. The fraction of sp³-hybridized carbons (Fsp3) is 0.286. The van der Waals surface area contributed by atoms with Crippen molar-refractivity contribution in [2.45, 2.75) is 19.6 Å². The number of thiophene rings is 1. The van der Waals surface area contributed by atoms with Crippen LogP contribution in [0.3, 0.4) is 0 Å². The second-order valence-corrected chi connectivity index (χ2v) is 8.44. The van der Waals surface area contributed by atoms with E-state index in [1.54, 1.807) is 6.20 Å². The van der Waals surface area contributed by atoms with Gasteiger partial charge in [-0.15, -0.1) is 16.4 Å². The van der Waals surface area contributed by atoms with Crippen molar-refractivity contribution in [3.05, 3.63) is 70.4 Å². The molecule has 0 radical (unpaired) electrons. The zero-order chi connectivity index (χ0) is 18.9. The Bertz CT molecular complexity index is 1090. The Labute approximate surface area is 167 Å². The van der Waals surface area contributed by atoms with E-state index in [0.717, 1.165) is 42.0 Å². The minimum atomic E-state index is -0.0587. The van der Waals surface area contributed by atoms with Crippen LogP contribution in [0.15, 0.2) is 55.0 Å². The number of rotatable bonds is 4. The van der Waals surface area contributed by atoms with Crippen LogP contribution in [-0.2, 0) is 11.3 Å². The second kappa shape index (κ2) is 7.43. The monoisotopic (exact) mass is 391 g/mol. The van der Waals surface area contributed by atoms with Gasteiger partial charge in [-0.3, -0.25) is 9.88 Å². The summed E-state index contributed by atoms with van der Waals surface area (Å²) in [6.07, 6.45) is 5.57. The van der Waals surface area contributed by atoms with Crippen LogP contribution in [0.1, 0.15) is 21.6 Å². The lowest BCUT2D eigenvalue weighted by Crippen LogP contribution is -2.37. The Morgan fingerprint density at radius 1 is 1.18 bits per heavy atom. The summed E-state index contributed by atoms with van der Waals surface area (Å²) in [5.74, 6) is 0. The maximum Gasteiger partial charge on any atom is 0.121 e. The van der Waals surface area contributed by atoms with Crippen LogP contribution in [0.4, 0.5) is 0 Å². The van der Waals surface area contributed by atoms with Crippen LogP contribution in [0.5, 0.6) is 0 Å². The Balaban J connectivity index is 1.38. The summed E-state index contributed by atoms with van der Waals surface area (Å²) in [6.45, 7) is 5.59. The lowest BCUT2D eigenvalue weighted by molar-refractivity contribution is -0.0340. The average Bonchev–Trinajstić information content (AvgIpc) is 3.34. The fourth-order valence-electron chi connectivity index (χ4n) is 3.65. The summed E-state index contributed by atoms with van der Waals surface area (Å²) in [5, 5.41) is 8.79.